The number of hydrogen-bond acceptors (Lipinski definition) is 6. The molecule has 1 amide bonds. The lowest BCUT2D eigenvalue weighted by Gasteiger charge is -2.49. The first-order valence-electron chi connectivity index (χ1n) is 11.0. The first kappa shape index (κ1) is 24.8. The Labute approximate surface area is 184 Å². The number of non-ortho nitro benzene ring substituents is 1. The van der Waals surface area contributed by atoms with E-state index in [0.717, 1.165) is 31.7 Å². The van der Waals surface area contributed by atoms with Crippen LogP contribution in [-0.2, 0) is 4.74 Å². The van der Waals surface area contributed by atoms with Crippen molar-refractivity contribution in [2.24, 2.45) is 0 Å². The molecule has 1 N–H and O–H groups in total. The molecule has 2 rings (SSSR count). The minimum absolute atomic E-state index is 0.0146. The molecule has 1 saturated heterocycles. The molecule has 0 aromatic heterocycles. The Kier molecular flexibility index (Phi) is 7.81. The molecule has 1 heterocycles. The summed E-state index contributed by atoms with van der Waals surface area (Å²) >= 11 is 0. The van der Waals surface area contributed by atoms with Gasteiger partial charge in [-0.05, 0) is 59.9 Å². The van der Waals surface area contributed by atoms with Crippen LogP contribution in [0.4, 0.5) is 5.69 Å². The van der Waals surface area contributed by atoms with Crippen LogP contribution in [0.25, 0.3) is 0 Å². The van der Waals surface area contributed by atoms with E-state index in [4.69, 9.17) is 4.74 Å². The van der Waals surface area contributed by atoms with Gasteiger partial charge < -0.3 is 15.0 Å². The molecule has 0 atom stereocenters. The third-order valence-corrected chi connectivity index (χ3v) is 5.51. The smallest absolute Gasteiger partial charge is 0.338 e. The number of unbranched alkanes of at least 4 members (excludes halogenated alkanes) is 1. The second-order valence-electron chi connectivity index (χ2n) is 9.55. The first-order valence-corrected chi connectivity index (χ1v) is 11.0. The van der Waals surface area contributed by atoms with Gasteiger partial charge >= 0.3 is 5.97 Å². The Balaban J connectivity index is 2.47. The molecule has 0 radical (unpaired) electrons. The lowest BCUT2D eigenvalue weighted by Crippen LogP contribution is -2.62. The van der Waals surface area contributed by atoms with Crippen LogP contribution in [0.15, 0.2) is 18.2 Å². The van der Waals surface area contributed by atoms with Gasteiger partial charge in [0.25, 0.3) is 11.6 Å². The van der Waals surface area contributed by atoms with Crippen molar-refractivity contribution in [3.63, 3.8) is 0 Å². The van der Waals surface area contributed by atoms with Gasteiger partial charge in [-0.15, -0.1) is 0 Å². The van der Waals surface area contributed by atoms with Crippen LogP contribution in [0.1, 0.15) is 87.9 Å². The molecule has 8 nitrogen and oxygen atoms in total. The van der Waals surface area contributed by atoms with Crippen LogP contribution in [0, 0.1) is 10.1 Å². The average molecular weight is 434 g/mol. The molecular weight excluding hydrogens is 398 g/mol. The number of carbonyl (C=O) groups excluding carboxylic acids is 2. The summed E-state index contributed by atoms with van der Waals surface area (Å²) in [6.07, 6.45) is 3.29. The van der Waals surface area contributed by atoms with Crippen molar-refractivity contribution in [1.29, 1.82) is 0 Å². The number of nitrogens with zero attached hydrogens (tertiary/aromatic N) is 2. The van der Waals surface area contributed by atoms with Crippen LogP contribution in [0.5, 0.6) is 0 Å². The quantitative estimate of drug-likeness (QED) is 0.372. The maximum absolute atomic E-state index is 13.6. The van der Waals surface area contributed by atoms with Gasteiger partial charge in [-0.25, -0.2) is 4.79 Å². The zero-order chi connectivity index (χ0) is 23.4. The van der Waals surface area contributed by atoms with Crippen LogP contribution >= 0.6 is 0 Å². The van der Waals surface area contributed by atoms with Gasteiger partial charge in [-0.1, -0.05) is 13.3 Å². The molecule has 0 saturated carbocycles. The van der Waals surface area contributed by atoms with Gasteiger partial charge in [0.1, 0.15) is 0 Å². The summed E-state index contributed by atoms with van der Waals surface area (Å²) < 4.78 is 5.00. The number of nitro groups is 1. The van der Waals surface area contributed by atoms with E-state index in [9.17, 15) is 19.7 Å². The fraction of sp³-hybridized carbons (Fsp3) is 0.652. The highest BCUT2D eigenvalue weighted by molar-refractivity contribution is 5.99. The van der Waals surface area contributed by atoms with Crippen molar-refractivity contribution in [3.8, 4) is 0 Å². The molecule has 1 aliphatic rings. The predicted octanol–water partition coefficient (Wildman–Crippen LogP) is 4.32. The summed E-state index contributed by atoms with van der Waals surface area (Å²) in [5, 5.41) is 15.1. The Morgan fingerprint density at radius 1 is 1.13 bits per heavy atom. The maximum Gasteiger partial charge on any atom is 0.338 e. The molecule has 172 valence electrons. The molecule has 0 bridgehead atoms. The highest BCUT2D eigenvalue weighted by atomic mass is 16.6. The number of esters is 1. The topological polar surface area (TPSA) is 102 Å². The second kappa shape index (κ2) is 9.77. The summed E-state index contributed by atoms with van der Waals surface area (Å²) in [5.74, 6) is -0.967. The second-order valence-corrected chi connectivity index (χ2v) is 9.55. The largest absolute Gasteiger partial charge is 0.462 e. The number of nitro benzene ring substituents is 1. The van der Waals surface area contributed by atoms with Crippen molar-refractivity contribution >= 4 is 17.6 Å². The van der Waals surface area contributed by atoms with Gasteiger partial charge in [-0.2, -0.15) is 0 Å². The van der Waals surface area contributed by atoms with E-state index >= 15 is 0 Å². The van der Waals surface area contributed by atoms with Crippen molar-refractivity contribution in [3.05, 3.63) is 39.4 Å². The number of ether oxygens (including phenoxy) is 1. The molecule has 0 unspecified atom stereocenters. The van der Waals surface area contributed by atoms with Crippen molar-refractivity contribution < 1.29 is 19.2 Å². The van der Waals surface area contributed by atoms with Crippen LogP contribution in [0.3, 0.4) is 0 Å². The summed E-state index contributed by atoms with van der Waals surface area (Å²) in [6.45, 7) is 12.9. The lowest BCUT2D eigenvalue weighted by atomic mass is 9.78. The van der Waals surface area contributed by atoms with E-state index in [1.54, 1.807) is 6.92 Å². The number of rotatable bonds is 8. The Morgan fingerprint density at radius 2 is 1.71 bits per heavy atom. The summed E-state index contributed by atoms with van der Waals surface area (Å²) in [5.41, 5.74) is -0.454. The number of carbonyl (C=O) groups is 2. The van der Waals surface area contributed by atoms with Gasteiger partial charge in [0.05, 0.1) is 17.1 Å². The molecule has 0 spiro atoms. The van der Waals surface area contributed by atoms with Crippen LogP contribution in [0.2, 0.25) is 0 Å². The SMILES string of the molecule is CCCCN(C(=O)c1cc(C(=O)OCC)cc([N+](=O)[O-])c1)C1CC(C)(C)NC(C)(C)C1. The fourth-order valence-corrected chi connectivity index (χ4v) is 4.61. The highest BCUT2D eigenvalue weighted by Gasteiger charge is 2.41. The summed E-state index contributed by atoms with van der Waals surface area (Å²) in [4.78, 5) is 38.5. The minimum atomic E-state index is -0.676. The van der Waals surface area contributed by atoms with E-state index in [0.29, 0.717) is 6.54 Å². The molecule has 31 heavy (non-hydrogen) atoms. The van der Waals surface area contributed by atoms with Crippen molar-refractivity contribution in [2.75, 3.05) is 13.2 Å². The molecule has 1 aromatic rings. The van der Waals surface area contributed by atoms with Gasteiger partial charge in [-0.3, -0.25) is 14.9 Å². The van der Waals surface area contributed by atoms with E-state index in [2.05, 4.69) is 39.9 Å². The summed E-state index contributed by atoms with van der Waals surface area (Å²) in [7, 11) is 0. The van der Waals surface area contributed by atoms with Gasteiger partial charge in [0, 0.05) is 41.4 Å². The molecule has 1 aliphatic heterocycles. The van der Waals surface area contributed by atoms with Crippen molar-refractivity contribution in [1.82, 2.24) is 10.2 Å². The maximum atomic E-state index is 13.6. The third-order valence-electron chi connectivity index (χ3n) is 5.51. The van der Waals surface area contributed by atoms with Crippen molar-refractivity contribution in [2.45, 2.75) is 84.3 Å². The monoisotopic (exact) mass is 433 g/mol. The highest BCUT2D eigenvalue weighted by Crippen LogP contribution is 2.33. The Bertz CT molecular complexity index is 819. The standard InChI is InChI=1S/C23H35N3O5/c1-7-9-10-25(19-14-22(3,4)24-23(5,6)15-19)20(27)16-11-17(21(28)31-8-2)13-18(12-16)26(29)30/h11-13,19,24H,7-10,14-15H2,1-6H3. The van der Waals surface area contributed by atoms with Crippen LogP contribution < -0.4 is 5.32 Å². The number of nitrogens with one attached hydrogen (secondary N) is 1. The number of piperidine rings is 1. The van der Waals surface area contributed by atoms with E-state index in [1.165, 1.54) is 12.1 Å². The fourth-order valence-electron chi connectivity index (χ4n) is 4.61. The minimum Gasteiger partial charge on any atom is -0.462 e. The summed E-state index contributed by atoms with van der Waals surface area (Å²) in [6, 6.07) is 3.79. The van der Waals surface area contributed by atoms with Crippen LogP contribution in [-0.4, -0.2) is 52.0 Å². The first-order chi connectivity index (χ1) is 14.4. The van der Waals surface area contributed by atoms with Gasteiger partial charge in [0.2, 0.25) is 0 Å². The third kappa shape index (κ3) is 6.50. The normalized spacial score (nSPS) is 17.7. The Hall–Kier alpha value is -2.48. The predicted molar refractivity (Wildman–Crippen MR) is 119 cm³/mol. The molecule has 1 aromatic carbocycles. The zero-order valence-electron chi connectivity index (χ0n) is 19.5. The molecule has 0 aliphatic carbocycles. The lowest BCUT2D eigenvalue weighted by molar-refractivity contribution is -0.384. The number of hydrogen-bond donors (Lipinski definition) is 1. The molecular formula is C23H35N3O5. The zero-order valence-corrected chi connectivity index (χ0v) is 19.5. The number of amides is 1. The average Bonchev–Trinajstić information content (AvgIpc) is 2.65. The molecule has 8 heteroatoms. The number of benzene rings is 1. The Morgan fingerprint density at radius 3 is 2.23 bits per heavy atom. The van der Waals surface area contributed by atoms with E-state index in [-0.39, 0.29) is 46.4 Å². The van der Waals surface area contributed by atoms with Gasteiger partial charge in [0.15, 0.2) is 0 Å². The van der Waals surface area contributed by atoms with E-state index < -0.39 is 10.9 Å². The van der Waals surface area contributed by atoms with E-state index in [1.807, 2.05) is 4.90 Å². The molecule has 1 fully saturated rings.